The molecule has 0 unspecified atom stereocenters. The van der Waals surface area contributed by atoms with Gasteiger partial charge < -0.3 is 14.8 Å². The molecule has 2 heterocycles. The first-order valence-corrected chi connectivity index (χ1v) is 9.48. The van der Waals surface area contributed by atoms with Gasteiger partial charge in [0.1, 0.15) is 12.4 Å². The van der Waals surface area contributed by atoms with Crippen LogP contribution in [0.5, 0.6) is 5.75 Å². The number of fused-ring (bicyclic) bond motifs is 1. The van der Waals surface area contributed by atoms with Crippen LogP contribution in [0.4, 0.5) is 16.2 Å². The first-order valence-electron chi connectivity index (χ1n) is 9.48. The summed E-state index contributed by atoms with van der Waals surface area (Å²) in [5, 5.41) is 2.86. The average Bonchev–Trinajstić information content (AvgIpc) is 2.78. The van der Waals surface area contributed by atoms with Crippen LogP contribution < -0.4 is 15.0 Å². The topological polar surface area (TPSA) is 80.8 Å². The van der Waals surface area contributed by atoms with E-state index in [1.54, 1.807) is 23.2 Å². The molecule has 0 atom stereocenters. The maximum Gasteiger partial charge on any atom is 0.337 e. The van der Waals surface area contributed by atoms with Gasteiger partial charge in [-0.05, 0) is 48.4 Å². The molecule has 0 spiro atoms. The molecular weight excluding hydrogens is 382 g/mol. The van der Waals surface area contributed by atoms with E-state index in [0.717, 1.165) is 22.5 Å². The molecule has 0 bridgehead atoms. The number of anilines is 2. The molecule has 1 aliphatic rings. The molecule has 1 N–H and O–H groups in total. The van der Waals surface area contributed by atoms with Crippen molar-refractivity contribution in [3.05, 3.63) is 83.2 Å². The number of hydrogen-bond acceptors (Lipinski definition) is 5. The van der Waals surface area contributed by atoms with Crippen LogP contribution in [-0.4, -0.2) is 24.1 Å². The Balaban J connectivity index is 1.56. The molecule has 30 heavy (non-hydrogen) atoms. The van der Waals surface area contributed by atoms with Crippen molar-refractivity contribution in [1.29, 1.82) is 0 Å². The second-order valence-electron chi connectivity index (χ2n) is 6.94. The number of esters is 1. The third-order valence-corrected chi connectivity index (χ3v) is 4.93. The summed E-state index contributed by atoms with van der Waals surface area (Å²) >= 11 is 0. The van der Waals surface area contributed by atoms with Crippen LogP contribution in [0, 0.1) is 6.92 Å². The van der Waals surface area contributed by atoms with Crippen molar-refractivity contribution in [3.63, 3.8) is 0 Å². The van der Waals surface area contributed by atoms with Gasteiger partial charge in [-0.2, -0.15) is 0 Å². The monoisotopic (exact) mass is 403 g/mol. The van der Waals surface area contributed by atoms with Gasteiger partial charge in [0, 0.05) is 18.0 Å². The Morgan fingerprint density at radius 3 is 2.80 bits per heavy atom. The largest absolute Gasteiger partial charge is 0.487 e. The summed E-state index contributed by atoms with van der Waals surface area (Å²) in [4.78, 5) is 30.5. The highest BCUT2D eigenvalue weighted by Crippen LogP contribution is 2.32. The van der Waals surface area contributed by atoms with Gasteiger partial charge in [0.15, 0.2) is 0 Å². The van der Waals surface area contributed by atoms with Gasteiger partial charge in [-0.25, -0.2) is 9.59 Å². The molecule has 7 nitrogen and oxygen atoms in total. The number of nitrogens with one attached hydrogen (secondary N) is 1. The van der Waals surface area contributed by atoms with Gasteiger partial charge in [0.25, 0.3) is 0 Å². The first-order chi connectivity index (χ1) is 14.5. The van der Waals surface area contributed by atoms with E-state index in [4.69, 9.17) is 9.47 Å². The van der Waals surface area contributed by atoms with E-state index in [-0.39, 0.29) is 6.03 Å². The quantitative estimate of drug-likeness (QED) is 0.642. The molecule has 2 aromatic carbocycles. The van der Waals surface area contributed by atoms with E-state index in [1.807, 2.05) is 49.4 Å². The highest BCUT2D eigenvalue weighted by Gasteiger charge is 2.26. The number of aromatic nitrogens is 1. The lowest BCUT2D eigenvalue weighted by Crippen LogP contribution is -2.39. The molecule has 0 radical (unpaired) electrons. The van der Waals surface area contributed by atoms with Crippen molar-refractivity contribution in [3.8, 4) is 5.75 Å². The van der Waals surface area contributed by atoms with E-state index in [0.29, 0.717) is 30.2 Å². The van der Waals surface area contributed by atoms with Crippen molar-refractivity contribution in [2.24, 2.45) is 0 Å². The molecule has 2 amide bonds. The molecule has 1 aliphatic heterocycles. The van der Waals surface area contributed by atoms with Gasteiger partial charge >= 0.3 is 12.0 Å². The first kappa shape index (κ1) is 19.4. The van der Waals surface area contributed by atoms with E-state index >= 15 is 0 Å². The van der Waals surface area contributed by atoms with Crippen LogP contribution >= 0.6 is 0 Å². The number of methoxy groups -OCH3 is 1. The molecule has 4 rings (SSSR count). The highest BCUT2D eigenvalue weighted by molar-refractivity contribution is 6.05. The Hall–Kier alpha value is -3.87. The number of rotatable bonds is 5. The molecule has 3 aromatic rings. The second-order valence-corrected chi connectivity index (χ2v) is 6.94. The number of benzene rings is 2. The summed E-state index contributed by atoms with van der Waals surface area (Å²) in [6.07, 6.45) is 1.72. The van der Waals surface area contributed by atoms with Crippen LogP contribution in [0.2, 0.25) is 0 Å². The zero-order valence-corrected chi connectivity index (χ0v) is 16.7. The summed E-state index contributed by atoms with van der Waals surface area (Å²) in [5.41, 5.74) is 4.44. The summed E-state index contributed by atoms with van der Waals surface area (Å²) in [7, 11) is 1.33. The minimum absolute atomic E-state index is 0.269. The molecule has 0 aliphatic carbocycles. The number of ether oxygens (including phenoxy) is 2. The van der Waals surface area contributed by atoms with E-state index in [1.165, 1.54) is 7.11 Å². The van der Waals surface area contributed by atoms with Crippen LogP contribution in [0.15, 0.2) is 60.8 Å². The van der Waals surface area contributed by atoms with Gasteiger partial charge in [0.2, 0.25) is 0 Å². The van der Waals surface area contributed by atoms with Crippen molar-refractivity contribution in [1.82, 2.24) is 4.98 Å². The van der Waals surface area contributed by atoms with Crippen molar-refractivity contribution >= 4 is 23.4 Å². The normalized spacial score (nSPS) is 12.7. The number of hydrogen-bond donors (Lipinski definition) is 1. The van der Waals surface area contributed by atoms with Crippen LogP contribution in [0.25, 0.3) is 0 Å². The van der Waals surface area contributed by atoms with E-state index in [2.05, 4.69) is 10.3 Å². The van der Waals surface area contributed by atoms with Crippen LogP contribution in [0.3, 0.4) is 0 Å². The lowest BCUT2D eigenvalue weighted by atomic mass is 10.1. The Labute approximate surface area is 174 Å². The van der Waals surface area contributed by atoms with Crippen LogP contribution in [0.1, 0.15) is 27.2 Å². The predicted octanol–water partition coefficient (Wildman–Crippen LogP) is 4.31. The second kappa shape index (κ2) is 8.24. The zero-order valence-electron chi connectivity index (χ0n) is 16.7. The van der Waals surface area contributed by atoms with E-state index in [9.17, 15) is 9.59 Å². The number of urea groups is 1. The Kier molecular flexibility index (Phi) is 5.34. The smallest absolute Gasteiger partial charge is 0.337 e. The third-order valence-electron chi connectivity index (χ3n) is 4.93. The van der Waals surface area contributed by atoms with Crippen molar-refractivity contribution < 1.29 is 19.1 Å². The number of nitrogens with zero attached hydrogens (tertiary/aromatic N) is 2. The summed E-state index contributed by atoms with van der Waals surface area (Å²) in [6.45, 7) is 2.67. The Bertz CT molecular complexity index is 1100. The predicted molar refractivity (Wildman–Crippen MR) is 113 cm³/mol. The molecule has 0 saturated heterocycles. The fraction of sp³-hybridized carbons (Fsp3) is 0.174. The number of amides is 2. The van der Waals surface area contributed by atoms with Gasteiger partial charge in [-0.3, -0.25) is 9.88 Å². The lowest BCUT2D eigenvalue weighted by molar-refractivity contribution is 0.0600. The number of carbonyl (C=O) groups is 2. The zero-order chi connectivity index (χ0) is 21.1. The maximum atomic E-state index is 12.8. The summed E-state index contributed by atoms with van der Waals surface area (Å²) in [5.74, 6) is 0.212. The Morgan fingerprint density at radius 1 is 1.17 bits per heavy atom. The molecule has 152 valence electrons. The van der Waals surface area contributed by atoms with Gasteiger partial charge in [0.05, 0.1) is 30.6 Å². The molecule has 7 heteroatoms. The fourth-order valence-corrected chi connectivity index (χ4v) is 3.31. The summed E-state index contributed by atoms with van der Waals surface area (Å²) < 4.78 is 10.6. The molecular formula is C23H21N3O4. The van der Waals surface area contributed by atoms with Crippen molar-refractivity contribution in [2.45, 2.75) is 20.1 Å². The third kappa shape index (κ3) is 3.96. The SMILES string of the molecule is COC(=O)c1ccc2c(c1)NC(=O)N(c1cc(OCc3ccccn3)ccc1C)C2. The van der Waals surface area contributed by atoms with Gasteiger partial charge in [-0.1, -0.05) is 18.2 Å². The summed E-state index contributed by atoms with van der Waals surface area (Å²) in [6, 6.07) is 16.2. The average molecular weight is 403 g/mol. The van der Waals surface area contributed by atoms with Gasteiger partial charge in [-0.15, -0.1) is 0 Å². The molecule has 1 aromatic heterocycles. The van der Waals surface area contributed by atoms with E-state index < -0.39 is 5.97 Å². The van der Waals surface area contributed by atoms with Crippen molar-refractivity contribution in [2.75, 3.05) is 17.3 Å². The highest BCUT2D eigenvalue weighted by atomic mass is 16.5. The Morgan fingerprint density at radius 2 is 2.03 bits per heavy atom. The minimum Gasteiger partial charge on any atom is -0.487 e. The molecule has 0 saturated carbocycles. The number of carbonyl (C=O) groups excluding carboxylic acids is 2. The minimum atomic E-state index is -0.442. The number of aryl methyl sites for hydroxylation is 1. The maximum absolute atomic E-state index is 12.8. The van der Waals surface area contributed by atoms with Crippen LogP contribution in [-0.2, 0) is 17.9 Å². The standard InChI is InChI=1S/C23H21N3O4/c1-15-6-9-19(30-14-18-5-3-4-10-24-18)12-21(15)26-13-17-8-7-16(22(27)29-2)11-20(17)25-23(26)28/h3-12H,13-14H2,1-2H3,(H,25,28). The lowest BCUT2D eigenvalue weighted by Gasteiger charge is -2.31. The fourth-order valence-electron chi connectivity index (χ4n) is 3.31. The molecule has 0 fully saturated rings. The number of pyridine rings is 1.